The van der Waals surface area contributed by atoms with Crippen LogP contribution >= 0.6 is 11.6 Å². The average Bonchev–Trinajstić information content (AvgIpc) is 2.39. The van der Waals surface area contributed by atoms with E-state index in [-0.39, 0.29) is 6.04 Å². The summed E-state index contributed by atoms with van der Waals surface area (Å²) in [5, 5.41) is 11.1. The van der Waals surface area contributed by atoms with E-state index in [2.05, 4.69) is 11.8 Å². The van der Waals surface area contributed by atoms with Crippen molar-refractivity contribution in [3.63, 3.8) is 0 Å². The van der Waals surface area contributed by atoms with Gasteiger partial charge in [0.05, 0.1) is 6.10 Å². The molecule has 1 aromatic rings. The minimum absolute atomic E-state index is 0.177. The third kappa shape index (κ3) is 3.21. The molecule has 1 aliphatic rings. The van der Waals surface area contributed by atoms with Crippen LogP contribution in [0.4, 0.5) is 0 Å². The summed E-state index contributed by atoms with van der Waals surface area (Å²) in [5.74, 6) is 0. The number of benzene rings is 1. The van der Waals surface area contributed by atoms with Crippen LogP contribution in [0.2, 0.25) is 5.02 Å². The van der Waals surface area contributed by atoms with Crippen LogP contribution in [0.5, 0.6) is 0 Å². The van der Waals surface area contributed by atoms with Crippen molar-refractivity contribution in [3.05, 3.63) is 34.9 Å². The highest BCUT2D eigenvalue weighted by Crippen LogP contribution is 2.24. The highest BCUT2D eigenvalue weighted by Gasteiger charge is 2.24. The molecule has 0 aliphatic carbocycles. The van der Waals surface area contributed by atoms with E-state index >= 15 is 0 Å². The summed E-state index contributed by atoms with van der Waals surface area (Å²) in [7, 11) is 0. The highest BCUT2D eigenvalue weighted by atomic mass is 35.5. The van der Waals surface area contributed by atoms with Gasteiger partial charge in [-0.2, -0.15) is 0 Å². The predicted octanol–water partition coefficient (Wildman–Crippen LogP) is 3.25. The van der Waals surface area contributed by atoms with E-state index in [1.807, 2.05) is 24.3 Å². The number of hydrogen-bond acceptors (Lipinski definition) is 2. The van der Waals surface area contributed by atoms with Crippen molar-refractivity contribution in [2.24, 2.45) is 0 Å². The van der Waals surface area contributed by atoms with Crippen LogP contribution in [-0.2, 0) is 0 Å². The fourth-order valence-corrected chi connectivity index (χ4v) is 2.59. The van der Waals surface area contributed by atoms with E-state index in [1.54, 1.807) is 0 Å². The number of likely N-dealkylation sites (tertiary alicyclic amines) is 1. The van der Waals surface area contributed by atoms with Crippen molar-refractivity contribution in [2.75, 3.05) is 13.1 Å². The van der Waals surface area contributed by atoms with Crippen LogP contribution in [0.3, 0.4) is 0 Å². The van der Waals surface area contributed by atoms with E-state index in [1.165, 1.54) is 19.3 Å². The van der Waals surface area contributed by atoms with Gasteiger partial charge in [-0.25, -0.2) is 0 Å². The van der Waals surface area contributed by atoms with E-state index in [0.717, 1.165) is 18.7 Å². The van der Waals surface area contributed by atoms with Crippen molar-refractivity contribution in [2.45, 2.75) is 38.3 Å². The summed E-state index contributed by atoms with van der Waals surface area (Å²) in [6.07, 6.45) is 3.39. The summed E-state index contributed by atoms with van der Waals surface area (Å²) in [4.78, 5) is 2.38. The molecule has 0 aromatic heterocycles. The zero-order valence-electron chi connectivity index (χ0n) is 10.3. The Balaban J connectivity index is 2.02. The third-order valence-electron chi connectivity index (χ3n) is 3.64. The molecule has 0 saturated carbocycles. The maximum Gasteiger partial charge on any atom is 0.0942 e. The van der Waals surface area contributed by atoms with Gasteiger partial charge in [-0.3, -0.25) is 4.90 Å². The van der Waals surface area contributed by atoms with Crippen LogP contribution in [-0.4, -0.2) is 29.1 Å². The van der Waals surface area contributed by atoms with Crippen LogP contribution < -0.4 is 0 Å². The fourth-order valence-electron chi connectivity index (χ4n) is 2.46. The molecule has 0 amide bonds. The van der Waals surface area contributed by atoms with Gasteiger partial charge < -0.3 is 5.11 Å². The lowest BCUT2D eigenvalue weighted by Gasteiger charge is -2.35. The molecule has 1 aliphatic heterocycles. The minimum Gasteiger partial charge on any atom is -0.387 e. The molecule has 1 heterocycles. The van der Waals surface area contributed by atoms with Gasteiger partial charge in [0.2, 0.25) is 0 Å². The average molecular weight is 254 g/mol. The largest absolute Gasteiger partial charge is 0.387 e. The van der Waals surface area contributed by atoms with Crippen molar-refractivity contribution in [1.82, 2.24) is 4.90 Å². The molecule has 3 heteroatoms. The zero-order valence-corrected chi connectivity index (χ0v) is 11.0. The topological polar surface area (TPSA) is 23.5 Å². The molecule has 94 valence electrons. The quantitative estimate of drug-likeness (QED) is 0.894. The molecule has 1 N–H and O–H groups in total. The van der Waals surface area contributed by atoms with E-state index in [9.17, 15) is 5.11 Å². The lowest BCUT2D eigenvalue weighted by atomic mass is 10.00. The first-order valence-electron chi connectivity index (χ1n) is 6.36. The van der Waals surface area contributed by atoms with E-state index < -0.39 is 6.10 Å². The van der Waals surface area contributed by atoms with Gasteiger partial charge in [-0.15, -0.1) is 0 Å². The van der Waals surface area contributed by atoms with Crippen molar-refractivity contribution >= 4 is 11.6 Å². The Hall–Kier alpha value is -0.570. The second kappa shape index (κ2) is 5.85. The summed E-state index contributed by atoms with van der Waals surface area (Å²) >= 11 is 5.85. The summed E-state index contributed by atoms with van der Waals surface area (Å²) < 4.78 is 0. The number of aliphatic hydroxyl groups is 1. The zero-order chi connectivity index (χ0) is 12.3. The molecular weight excluding hydrogens is 234 g/mol. The number of piperidine rings is 1. The Labute approximate surface area is 108 Å². The number of aliphatic hydroxyl groups excluding tert-OH is 1. The summed E-state index contributed by atoms with van der Waals surface area (Å²) in [6.45, 7) is 4.31. The molecule has 1 fully saturated rings. The van der Waals surface area contributed by atoms with Gasteiger partial charge >= 0.3 is 0 Å². The Kier molecular flexibility index (Phi) is 4.43. The molecule has 1 aromatic carbocycles. The van der Waals surface area contributed by atoms with Gasteiger partial charge in [-0.1, -0.05) is 30.2 Å². The Bertz CT molecular complexity index is 346. The minimum atomic E-state index is -0.426. The third-order valence-corrected chi connectivity index (χ3v) is 3.89. The van der Waals surface area contributed by atoms with Crippen LogP contribution in [0.25, 0.3) is 0 Å². The van der Waals surface area contributed by atoms with Gasteiger partial charge in [0, 0.05) is 11.1 Å². The maximum absolute atomic E-state index is 10.3. The summed E-state index contributed by atoms with van der Waals surface area (Å²) in [5.41, 5.74) is 0.951. The summed E-state index contributed by atoms with van der Waals surface area (Å²) in [6, 6.07) is 7.67. The number of nitrogens with zero attached hydrogens (tertiary/aromatic N) is 1. The standard InChI is InChI=1S/C14H20ClNO/c1-11(16-9-3-2-4-10-16)14(17)12-5-7-13(15)8-6-12/h5-8,11,14,17H,2-4,9-10H2,1H3/t11-,14-/m1/s1. The van der Waals surface area contributed by atoms with Crippen LogP contribution in [0, 0.1) is 0 Å². The molecule has 2 nitrogen and oxygen atoms in total. The first kappa shape index (κ1) is 12.9. The fraction of sp³-hybridized carbons (Fsp3) is 0.571. The molecule has 17 heavy (non-hydrogen) atoms. The molecule has 2 rings (SSSR count). The smallest absolute Gasteiger partial charge is 0.0942 e. The van der Waals surface area contributed by atoms with Crippen molar-refractivity contribution < 1.29 is 5.11 Å². The van der Waals surface area contributed by atoms with Crippen LogP contribution in [0.15, 0.2) is 24.3 Å². The molecule has 1 saturated heterocycles. The van der Waals surface area contributed by atoms with Gasteiger partial charge in [0.15, 0.2) is 0 Å². The first-order chi connectivity index (χ1) is 8.18. The Morgan fingerprint density at radius 3 is 2.29 bits per heavy atom. The second-order valence-corrected chi connectivity index (χ2v) is 5.27. The van der Waals surface area contributed by atoms with Gasteiger partial charge in [0.1, 0.15) is 0 Å². The monoisotopic (exact) mass is 253 g/mol. The molecular formula is C14H20ClNO. The number of hydrogen-bond donors (Lipinski definition) is 1. The molecule has 2 atom stereocenters. The molecule has 0 spiro atoms. The van der Waals surface area contributed by atoms with Gasteiger partial charge in [0.25, 0.3) is 0 Å². The van der Waals surface area contributed by atoms with Crippen molar-refractivity contribution in [1.29, 1.82) is 0 Å². The number of halogens is 1. The van der Waals surface area contributed by atoms with Crippen LogP contribution in [0.1, 0.15) is 37.9 Å². The normalized spacial score (nSPS) is 21.1. The highest BCUT2D eigenvalue weighted by molar-refractivity contribution is 6.30. The lowest BCUT2D eigenvalue weighted by Crippen LogP contribution is -2.40. The lowest BCUT2D eigenvalue weighted by molar-refractivity contribution is 0.0471. The molecule has 0 radical (unpaired) electrons. The SMILES string of the molecule is C[C@H]([C@@H](O)c1ccc(Cl)cc1)N1CCCCC1. The Morgan fingerprint density at radius 1 is 1.12 bits per heavy atom. The molecule has 0 bridgehead atoms. The van der Waals surface area contributed by atoms with Gasteiger partial charge in [-0.05, 0) is 50.6 Å². The first-order valence-corrected chi connectivity index (χ1v) is 6.74. The van der Waals surface area contributed by atoms with E-state index in [0.29, 0.717) is 5.02 Å². The second-order valence-electron chi connectivity index (χ2n) is 4.83. The number of rotatable bonds is 3. The molecule has 0 unspecified atom stereocenters. The van der Waals surface area contributed by atoms with Crippen molar-refractivity contribution in [3.8, 4) is 0 Å². The van der Waals surface area contributed by atoms with E-state index in [4.69, 9.17) is 11.6 Å². The maximum atomic E-state index is 10.3. The Morgan fingerprint density at radius 2 is 1.71 bits per heavy atom. The predicted molar refractivity (Wildman–Crippen MR) is 71.3 cm³/mol.